The summed E-state index contributed by atoms with van der Waals surface area (Å²) in [5, 5.41) is 11.6. The third-order valence-electron chi connectivity index (χ3n) is 5.85. The quantitative estimate of drug-likeness (QED) is 0.323. The molecule has 2 fully saturated rings. The van der Waals surface area contributed by atoms with Crippen molar-refractivity contribution in [3.63, 3.8) is 0 Å². The Kier molecular flexibility index (Phi) is 7.69. The molecule has 164 valence electrons. The van der Waals surface area contributed by atoms with E-state index in [0.717, 1.165) is 25.7 Å². The summed E-state index contributed by atoms with van der Waals surface area (Å²) in [5.41, 5.74) is 3.53. The SMILES string of the molecule is COc1cc(CC(=O)[C@@H]2CCNN2C(=O)[C@H](CC2CCCC2)CN(O)C=O)ncn1. The first-order valence-corrected chi connectivity index (χ1v) is 10.4. The number of aromatic nitrogens is 2. The Balaban J connectivity index is 1.69. The van der Waals surface area contributed by atoms with E-state index in [0.29, 0.717) is 48.4 Å². The summed E-state index contributed by atoms with van der Waals surface area (Å²) in [6.07, 6.45) is 7.14. The Morgan fingerprint density at radius 2 is 2.13 bits per heavy atom. The fourth-order valence-electron chi connectivity index (χ4n) is 4.35. The van der Waals surface area contributed by atoms with E-state index in [1.165, 1.54) is 18.4 Å². The summed E-state index contributed by atoms with van der Waals surface area (Å²) in [7, 11) is 1.49. The van der Waals surface area contributed by atoms with Crippen molar-refractivity contribution in [1.29, 1.82) is 0 Å². The van der Waals surface area contributed by atoms with Crippen LogP contribution in [0.5, 0.6) is 5.88 Å². The second-order valence-electron chi connectivity index (χ2n) is 7.93. The van der Waals surface area contributed by atoms with Crippen molar-refractivity contribution in [2.45, 2.75) is 51.0 Å². The van der Waals surface area contributed by atoms with Gasteiger partial charge >= 0.3 is 0 Å². The van der Waals surface area contributed by atoms with E-state index in [1.807, 2.05) is 0 Å². The predicted molar refractivity (Wildman–Crippen MR) is 105 cm³/mol. The van der Waals surface area contributed by atoms with Crippen LogP contribution in [-0.2, 0) is 20.8 Å². The van der Waals surface area contributed by atoms with Gasteiger partial charge in [0.05, 0.1) is 31.7 Å². The number of carbonyl (C=O) groups is 3. The molecule has 1 aromatic heterocycles. The van der Waals surface area contributed by atoms with Crippen LogP contribution in [0.2, 0.25) is 0 Å². The normalized spacial score (nSPS) is 20.2. The van der Waals surface area contributed by atoms with Crippen LogP contribution in [0.1, 0.15) is 44.2 Å². The Morgan fingerprint density at radius 1 is 1.37 bits per heavy atom. The lowest BCUT2D eigenvalue weighted by molar-refractivity contribution is -0.159. The van der Waals surface area contributed by atoms with Crippen molar-refractivity contribution in [3.05, 3.63) is 18.1 Å². The average molecular weight is 419 g/mol. The number of hydrazine groups is 1. The predicted octanol–water partition coefficient (Wildman–Crippen LogP) is 0.746. The number of amides is 2. The van der Waals surface area contributed by atoms with Crippen molar-refractivity contribution < 1.29 is 24.3 Å². The van der Waals surface area contributed by atoms with Crippen LogP contribution in [0.4, 0.5) is 0 Å². The van der Waals surface area contributed by atoms with Crippen LogP contribution in [0, 0.1) is 11.8 Å². The standard InChI is InChI=1S/C20H29N5O5/c1-30-19-10-16(21-12-22-19)9-18(27)17-6-7-23-25(17)20(28)15(11-24(29)13-26)8-14-4-2-3-5-14/h10,12-15,17,23,29H,2-9,11H2,1H3/t15-,17+/m1/s1. The van der Waals surface area contributed by atoms with Crippen LogP contribution in [0.15, 0.2) is 12.4 Å². The summed E-state index contributed by atoms with van der Waals surface area (Å²) in [6, 6.07) is 0.983. The lowest BCUT2D eigenvalue weighted by Gasteiger charge is -2.29. The summed E-state index contributed by atoms with van der Waals surface area (Å²) in [6.45, 7) is 0.420. The fourth-order valence-corrected chi connectivity index (χ4v) is 4.35. The van der Waals surface area contributed by atoms with Crippen molar-refractivity contribution in [2.75, 3.05) is 20.2 Å². The molecule has 1 aliphatic heterocycles. The highest BCUT2D eigenvalue weighted by Gasteiger charge is 2.38. The molecule has 1 aromatic rings. The van der Waals surface area contributed by atoms with Crippen molar-refractivity contribution >= 4 is 18.1 Å². The third kappa shape index (κ3) is 5.51. The zero-order valence-electron chi connectivity index (χ0n) is 17.2. The minimum atomic E-state index is -0.618. The lowest BCUT2D eigenvalue weighted by atomic mass is 9.91. The van der Waals surface area contributed by atoms with Gasteiger partial charge in [-0.15, -0.1) is 0 Å². The zero-order valence-corrected chi connectivity index (χ0v) is 17.2. The van der Waals surface area contributed by atoms with Gasteiger partial charge in [0.2, 0.25) is 18.2 Å². The minimum absolute atomic E-state index is 0.0583. The van der Waals surface area contributed by atoms with E-state index in [9.17, 15) is 19.6 Å². The monoisotopic (exact) mass is 419 g/mol. The van der Waals surface area contributed by atoms with E-state index >= 15 is 0 Å². The molecule has 3 rings (SSSR count). The Bertz CT molecular complexity index is 755. The molecule has 2 N–H and O–H groups in total. The Labute approximate surface area is 175 Å². The number of hydroxylamine groups is 2. The van der Waals surface area contributed by atoms with Gasteiger partial charge in [0.1, 0.15) is 12.4 Å². The minimum Gasteiger partial charge on any atom is -0.481 e. The molecular weight excluding hydrogens is 390 g/mol. The van der Waals surface area contributed by atoms with Gasteiger partial charge in [-0.25, -0.2) is 20.5 Å². The van der Waals surface area contributed by atoms with E-state index in [4.69, 9.17) is 4.74 Å². The number of Topliss-reactive ketones (excluding diaryl/α,β-unsaturated/α-hetero) is 1. The first kappa shape index (κ1) is 22.1. The van der Waals surface area contributed by atoms with Crippen LogP contribution >= 0.6 is 0 Å². The number of ketones is 1. The van der Waals surface area contributed by atoms with Gasteiger partial charge in [-0.1, -0.05) is 25.7 Å². The second-order valence-corrected chi connectivity index (χ2v) is 7.93. The molecular formula is C20H29N5O5. The van der Waals surface area contributed by atoms with Gasteiger partial charge in [-0.2, -0.15) is 0 Å². The number of hydrogen-bond acceptors (Lipinski definition) is 8. The molecule has 10 nitrogen and oxygen atoms in total. The van der Waals surface area contributed by atoms with Crippen LogP contribution in [0.3, 0.4) is 0 Å². The van der Waals surface area contributed by atoms with E-state index in [2.05, 4.69) is 15.4 Å². The van der Waals surface area contributed by atoms with Crippen LogP contribution < -0.4 is 10.2 Å². The molecule has 2 aliphatic rings. The second kappa shape index (κ2) is 10.4. The lowest BCUT2D eigenvalue weighted by Crippen LogP contribution is -2.51. The summed E-state index contributed by atoms with van der Waals surface area (Å²) in [5.74, 6) is -0.199. The van der Waals surface area contributed by atoms with Crippen molar-refractivity contribution in [2.24, 2.45) is 11.8 Å². The molecule has 2 amide bonds. The number of hydrogen-bond donors (Lipinski definition) is 2. The van der Waals surface area contributed by atoms with Gasteiger partial charge < -0.3 is 4.74 Å². The number of carbonyl (C=O) groups excluding carboxylic acids is 3. The molecule has 0 radical (unpaired) electrons. The number of nitrogens with zero attached hydrogens (tertiary/aromatic N) is 4. The first-order chi connectivity index (χ1) is 14.5. The highest BCUT2D eigenvalue weighted by Crippen LogP contribution is 2.31. The molecule has 0 bridgehead atoms. The van der Waals surface area contributed by atoms with E-state index in [1.54, 1.807) is 6.07 Å². The third-order valence-corrected chi connectivity index (χ3v) is 5.85. The molecule has 2 heterocycles. The van der Waals surface area contributed by atoms with Crippen molar-refractivity contribution in [3.8, 4) is 5.88 Å². The summed E-state index contributed by atoms with van der Waals surface area (Å²) < 4.78 is 5.07. The molecule has 0 spiro atoms. The smallest absolute Gasteiger partial charge is 0.242 e. The summed E-state index contributed by atoms with van der Waals surface area (Å²) >= 11 is 0. The maximum Gasteiger partial charge on any atom is 0.242 e. The molecule has 30 heavy (non-hydrogen) atoms. The topological polar surface area (TPSA) is 125 Å². The maximum atomic E-state index is 13.3. The number of nitrogens with one attached hydrogen (secondary N) is 1. The fraction of sp³-hybridized carbons (Fsp3) is 0.650. The number of ether oxygens (including phenoxy) is 1. The zero-order chi connectivity index (χ0) is 21.5. The number of methoxy groups -OCH3 is 1. The largest absolute Gasteiger partial charge is 0.481 e. The van der Waals surface area contributed by atoms with Gasteiger partial charge in [0, 0.05) is 12.6 Å². The number of rotatable bonds is 10. The molecule has 0 aromatic carbocycles. The van der Waals surface area contributed by atoms with Gasteiger partial charge in [0.25, 0.3) is 0 Å². The van der Waals surface area contributed by atoms with E-state index < -0.39 is 12.0 Å². The van der Waals surface area contributed by atoms with E-state index in [-0.39, 0.29) is 24.7 Å². The summed E-state index contributed by atoms with van der Waals surface area (Å²) in [4.78, 5) is 45.1. The Morgan fingerprint density at radius 3 is 2.83 bits per heavy atom. The van der Waals surface area contributed by atoms with Gasteiger partial charge in [-0.3, -0.25) is 24.6 Å². The van der Waals surface area contributed by atoms with Gasteiger partial charge in [-0.05, 0) is 18.8 Å². The molecule has 1 saturated carbocycles. The van der Waals surface area contributed by atoms with Crippen LogP contribution in [-0.4, -0.2) is 69.6 Å². The maximum absolute atomic E-state index is 13.3. The molecule has 1 saturated heterocycles. The molecule has 0 unspecified atom stereocenters. The van der Waals surface area contributed by atoms with Crippen LogP contribution in [0.25, 0.3) is 0 Å². The highest BCUT2D eigenvalue weighted by molar-refractivity contribution is 5.91. The highest BCUT2D eigenvalue weighted by atomic mass is 16.5. The molecule has 10 heteroatoms. The Hall–Kier alpha value is -2.59. The average Bonchev–Trinajstić information content (AvgIpc) is 3.44. The molecule has 1 aliphatic carbocycles. The van der Waals surface area contributed by atoms with Crippen molar-refractivity contribution in [1.82, 2.24) is 25.5 Å². The van der Waals surface area contributed by atoms with Gasteiger partial charge in [0.15, 0.2) is 5.78 Å². The molecule has 2 atom stereocenters. The first-order valence-electron chi connectivity index (χ1n) is 10.4.